The van der Waals surface area contributed by atoms with E-state index in [4.69, 9.17) is 11.6 Å². The van der Waals surface area contributed by atoms with Crippen molar-refractivity contribution in [3.63, 3.8) is 0 Å². The van der Waals surface area contributed by atoms with Crippen LogP contribution in [0.1, 0.15) is 10.4 Å². The van der Waals surface area contributed by atoms with E-state index in [2.05, 4.69) is 15.3 Å². The highest BCUT2D eigenvalue weighted by atomic mass is 35.5. The number of carbonyl (C=O) groups excluding carboxylic acids is 1. The van der Waals surface area contributed by atoms with Gasteiger partial charge in [-0.05, 0) is 42.1 Å². The van der Waals surface area contributed by atoms with Gasteiger partial charge in [-0.3, -0.25) is 4.79 Å². The van der Waals surface area contributed by atoms with E-state index in [1.807, 2.05) is 6.07 Å². The smallest absolute Gasteiger partial charge is 0.270 e. The average molecular weight is 449 g/mol. The quantitative estimate of drug-likeness (QED) is 0.437. The minimum absolute atomic E-state index is 0.0208. The molecule has 0 aliphatic carbocycles. The minimum atomic E-state index is -3.84. The molecule has 0 fully saturated rings. The maximum absolute atomic E-state index is 12.8. The van der Waals surface area contributed by atoms with Gasteiger partial charge in [0.1, 0.15) is 4.90 Å². The van der Waals surface area contributed by atoms with Gasteiger partial charge in [0.15, 0.2) is 5.16 Å². The van der Waals surface area contributed by atoms with Crippen molar-refractivity contribution in [1.29, 1.82) is 0 Å². The summed E-state index contributed by atoms with van der Waals surface area (Å²) < 4.78 is 27.8. The summed E-state index contributed by atoms with van der Waals surface area (Å²) in [6.07, 6.45) is 2.79. The second-order valence-corrected chi connectivity index (χ2v) is 9.97. The van der Waals surface area contributed by atoms with E-state index in [0.717, 1.165) is 14.2 Å². The summed E-state index contributed by atoms with van der Waals surface area (Å²) in [5.41, 5.74) is 3.12. The van der Waals surface area contributed by atoms with Crippen molar-refractivity contribution in [3.8, 4) is 0 Å². The highest BCUT2D eigenvalue weighted by Crippen LogP contribution is 2.41. The molecule has 0 bridgehead atoms. The number of nitrogens with one attached hydrogen (secondary N) is 1. The molecule has 1 amide bonds. The fourth-order valence-corrected chi connectivity index (χ4v) is 6.74. The van der Waals surface area contributed by atoms with Crippen molar-refractivity contribution in [3.05, 3.63) is 58.8 Å². The number of anilines is 1. The van der Waals surface area contributed by atoms with Crippen molar-refractivity contribution in [1.82, 2.24) is 13.9 Å². The van der Waals surface area contributed by atoms with Crippen LogP contribution in [0.4, 0.5) is 5.69 Å². The molecule has 7 nitrogen and oxygen atoms in total. The van der Waals surface area contributed by atoms with Crippen molar-refractivity contribution in [2.45, 2.75) is 14.9 Å². The van der Waals surface area contributed by atoms with Crippen LogP contribution in [0, 0.1) is 0 Å². The highest BCUT2D eigenvalue weighted by Gasteiger charge is 2.32. The first kappa shape index (κ1) is 17.7. The predicted octanol–water partition coefficient (Wildman–Crippen LogP) is 4.10. The molecule has 1 aliphatic heterocycles. The number of imidazole rings is 1. The standard InChI is InChI=1S/C17H9ClN4O3S3/c18-11-7-14-15(28(24,25)22-4-3-19-17(22)27-14)6-10(11)16(23)21-9-1-2-13-12(5-9)20-8-26-13/h1-8H,(H,21,23). The van der Waals surface area contributed by atoms with Crippen LogP contribution in [0.5, 0.6) is 0 Å². The summed E-state index contributed by atoms with van der Waals surface area (Å²) in [6, 6.07) is 8.16. The topological polar surface area (TPSA) is 93.9 Å². The Hall–Kier alpha value is -2.40. The van der Waals surface area contributed by atoms with Gasteiger partial charge in [-0.2, -0.15) is 0 Å². The molecule has 28 heavy (non-hydrogen) atoms. The number of aromatic nitrogens is 3. The lowest BCUT2D eigenvalue weighted by Gasteiger charge is -2.19. The fourth-order valence-electron chi connectivity index (χ4n) is 2.86. The third kappa shape index (κ3) is 2.72. The van der Waals surface area contributed by atoms with Gasteiger partial charge in [-0.25, -0.2) is 22.4 Å². The van der Waals surface area contributed by atoms with Crippen LogP contribution in [-0.2, 0) is 10.0 Å². The molecule has 1 N–H and O–H groups in total. The lowest BCUT2D eigenvalue weighted by Crippen LogP contribution is -2.20. The van der Waals surface area contributed by atoms with Crippen LogP contribution in [0.15, 0.2) is 63.2 Å². The average Bonchev–Trinajstić information content (AvgIpc) is 3.30. The first-order chi connectivity index (χ1) is 13.4. The van der Waals surface area contributed by atoms with Crippen molar-refractivity contribution >= 4 is 66.5 Å². The van der Waals surface area contributed by atoms with E-state index >= 15 is 0 Å². The first-order valence-corrected chi connectivity index (χ1v) is 11.4. The molecule has 0 unspecified atom stereocenters. The van der Waals surface area contributed by atoms with Gasteiger partial charge in [-0.15, -0.1) is 11.3 Å². The number of halogens is 1. The van der Waals surface area contributed by atoms with Crippen LogP contribution < -0.4 is 5.32 Å². The fraction of sp³-hybridized carbons (Fsp3) is 0. The number of carbonyl (C=O) groups is 1. The molecule has 2 aromatic carbocycles. The third-order valence-electron chi connectivity index (χ3n) is 4.18. The number of benzene rings is 2. The van der Waals surface area contributed by atoms with Crippen molar-refractivity contribution in [2.24, 2.45) is 0 Å². The maximum Gasteiger partial charge on any atom is 0.270 e. The third-order valence-corrected chi connectivity index (χ3v) is 8.30. The molecule has 140 valence electrons. The Morgan fingerprint density at radius 1 is 1.18 bits per heavy atom. The zero-order valence-corrected chi connectivity index (χ0v) is 17.0. The Kier molecular flexibility index (Phi) is 3.98. The molecule has 4 aromatic rings. The van der Waals surface area contributed by atoms with Crippen LogP contribution in [0.25, 0.3) is 10.2 Å². The molecule has 1 aliphatic rings. The summed E-state index contributed by atoms with van der Waals surface area (Å²) >= 11 is 8.97. The van der Waals surface area contributed by atoms with E-state index in [-0.39, 0.29) is 15.5 Å². The number of hydrogen-bond donors (Lipinski definition) is 1. The minimum Gasteiger partial charge on any atom is -0.322 e. The SMILES string of the molecule is O=C(Nc1ccc2scnc2c1)c1cc2c(cc1Cl)Sc1nccn1S2(=O)=O. The Labute approximate surface area is 172 Å². The van der Waals surface area contributed by atoms with Crippen molar-refractivity contribution in [2.75, 3.05) is 5.32 Å². The van der Waals surface area contributed by atoms with Gasteiger partial charge in [-0.1, -0.05) is 11.6 Å². The second-order valence-electron chi connectivity index (χ2n) is 5.88. The van der Waals surface area contributed by atoms with Gasteiger partial charge in [0.05, 0.1) is 26.3 Å². The molecule has 2 aromatic heterocycles. The van der Waals surface area contributed by atoms with Gasteiger partial charge in [0.25, 0.3) is 15.9 Å². The number of hydrogen-bond acceptors (Lipinski definition) is 7. The molecule has 11 heteroatoms. The molecular weight excluding hydrogens is 440 g/mol. The highest BCUT2D eigenvalue weighted by molar-refractivity contribution is 8.01. The molecule has 5 rings (SSSR count). The molecule has 0 radical (unpaired) electrons. The number of thiazole rings is 1. The molecular formula is C17H9ClN4O3S3. The monoisotopic (exact) mass is 448 g/mol. The molecule has 3 heterocycles. The number of fused-ring (bicyclic) bond motifs is 3. The normalized spacial score (nSPS) is 14.5. The summed E-state index contributed by atoms with van der Waals surface area (Å²) in [5, 5.41) is 3.24. The molecule has 0 spiro atoms. The summed E-state index contributed by atoms with van der Waals surface area (Å²) in [5.74, 6) is -0.501. The van der Waals surface area contributed by atoms with Crippen molar-refractivity contribution < 1.29 is 13.2 Å². The summed E-state index contributed by atoms with van der Waals surface area (Å²) in [4.78, 5) is 21.5. The van der Waals surface area contributed by atoms with E-state index in [1.165, 1.54) is 47.6 Å². The Balaban J connectivity index is 1.54. The number of nitrogens with zero attached hydrogens (tertiary/aromatic N) is 3. The van der Waals surface area contributed by atoms with Crippen LogP contribution in [-0.4, -0.2) is 28.3 Å². The summed E-state index contributed by atoms with van der Waals surface area (Å²) in [7, 11) is -3.84. The van der Waals surface area contributed by atoms with E-state index in [1.54, 1.807) is 17.6 Å². The van der Waals surface area contributed by atoms with E-state index in [0.29, 0.717) is 15.7 Å². The van der Waals surface area contributed by atoms with Gasteiger partial charge in [0.2, 0.25) is 0 Å². The maximum atomic E-state index is 12.8. The van der Waals surface area contributed by atoms with E-state index in [9.17, 15) is 13.2 Å². The molecule has 0 saturated carbocycles. The van der Waals surface area contributed by atoms with Crippen LogP contribution >= 0.6 is 34.7 Å². The van der Waals surface area contributed by atoms with Crippen LogP contribution in [0.2, 0.25) is 5.02 Å². The van der Waals surface area contributed by atoms with Gasteiger partial charge in [0, 0.05) is 23.0 Å². The Morgan fingerprint density at radius 2 is 2.04 bits per heavy atom. The second kappa shape index (κ2) is 6.31. The van der Waals surface area contributed by atoms with Gasteiger partial charge >= 0.3 is 0 Å². The molecule has 0 atom stereocenters. The lowest BCUT2D eigenvalue weighted by atomic mass is 10.2. The Morgan fingerprint density at radius 3 is 2.89 bits per heavy atom. The zero-order chi connectivity index (χ0) is 19.5. The zero-order valence-electron chi connectivity index (χ0n) is 13.8. The summed E-state index contributed by atoms with van der Waals surface area (Å²) in [6.45, 7) is 0. The lowest BCUT2D eigenvalue weighted by molar-refractivity contribution is 0.102. The Bertz CT molecular complexity index is 1380. The largest absolute Gasteiger partial charge is 0.322 e. The van der Waals surface area contributed by atoms with Gasteiger partial charge < -0.3 is 5.32 Å². The predicted molar refractivity (Wildman–Crippen MR) is 108 cm³/mol. The number of rotatable bonds is 2. The van der Waals surface area contributed by atoms with Crippen LogP contribution in [0.3, 0.4) is 0 Å². The number of amides is 1. The molecule has 0 saturated heterocycles. The van der Waals surface area contributed by atoms with E-state index < -0.39 is 15.9 Å². The first-order valence-electron chi connectivity index (χ1n) is 7.88.